The van der Waals surface area contributed by atoms with Gasteiger partial charge in [-0.15, -0.1) is 11.3 Å². The van der Waals surface area contributed by atoms with E-state index in [1.807, 2.05) is 11.4 Å². The highest BCUT2D eigenvalue weighted by Gasteiger charge is 2.30. The van der Waals surface area contributed by atoms with Crippen LogP contribution in [0.1, 0.15) is 40.7 Å². The van der Waals surface area contributed by atoms with Crippen molar-refractivity contribution in [1.29, 1.82) is 0 Å². The highest BCUT2D eigenvalue weighted by Crippen LogP contribution is 2.34. The molecule has 3 rings (SSSR count). The minimum Gasteiger partial charge on any atom is -0.389 e. The van der Waals surface area contributed by atoms with Gasteiger partial charge in [0, 0.05) is 28.7 Å². The van der Waals surface area contributed by atoms with Gasteiger partial charge in [0.05, 0.1) is 25.0 Å². The molecule has 2 atom stereocenters. The third kappa shape index (κ3) is 4.01. The van der Waals surface area contributed by atoms with E-state index in [2.05, 4.69) is 35.0 Å². The molecule has 126 valence electrons. The molecule has 0 aromatic carbocycles. The highest BCUT2D eigenvalue weighted by atomic mass is 32.1. The van der Waals surface area contributed by atoms with Crippen molar-refractivity contribution in [3.8, 4) is 0 Å². The number of H-pyrrole nitrogens is 1. The lowest BCUT2D eigenvalue weighted by Crippen LogP contribution is -2.34. The number of hydrogen-bond acceptors (Lipinski definition) is 5. The summed E-state index contributed by atoms with van der Waals surface area (Å²) in [5, 5.41) is 19.7. The molecule has 2 aromatic rings. The Morgan fingerprint density at radius 1 is 1.52 bits per heavy atom. The SMILES string of the molecule is Cc1n[nH]c(C)c1C1CCCN1CC(O)COCc1cccs1. The molecule has 0 aliphatic carbocycles. The Kier molecular flexibility index (Phi) is 5.48. The van der Waals surface area contributed by atoms with Gasteiger partial charge in [-0.25, -0.2) is 0 Å². The molecular weight excluding hydrogens is 310 g/mol. The molecule has 5 nitrogen and oxygen atoms in total. The van der Waals surface area contributed by atoms with Gasteiger partial charge in [-0.05, 0) is 44.7 Å². The summed E-state index contributed by atoms with van der Waals surface area (Å²) in [6, 6.07) is 4.43. The average Bonchev–Trinajstić information content (AvgIpc) is 3.23. The van der Waals surface area contributed by atoms with Gasteiger partial charge in [0.1, 0.15) is 0 Å². The number of aryl methyl sites for hydroxylation is 2. The number of aromatic nitrogens is 2. The van der Waals surface area contributed by atoms with Crippen LogP contribution in [0.25, 0.3) is 0 Å². The Labute approximate surface area is 141 Å². The fourth-order valence-electron chi connectivity index (χ4n) is 3.44. The zero-order chi connectivity index (χ0) is 16.2. The largest absolute Gasteiger partial charge is 0.389 e. The van der Waals surface area contributed by atoms with E-state index >= 15 is 0 Å². The molecule has 1 aliphatic rings. The fraction of sp³-hybridized carbons (Fsp3) is 0.588. The fourth-order valence-corrected chi connectivity index (χ4v) is 4.08. The minimum absolute atomic E-state index is 0.362. The van der Waals surface area contributed by atoms with Crippen LogP contribution in [0.15, 0.2) is 17.5 Å². The Morgan fingerprint density at radius 3 is 3.09 bits per heavy atom. The smallest absolute Gasteiger partial charge is 0.0900 e. The molecule has 0 amide bonds. The molecule has 0 radical (unpaired) electrons. The summed E-state index contributed by atoms with van der Waals surface area (Å²) in [6.07, 6.45) is 1.84. The number of likely N-dealkylation sites (tertiary alicyclic amines) is 1. The minimum atomic E-state index is -0.455. The molecule has 0 bridgehead atoms. The number of aliphatic hydroxyl groups is 1. The van der Waals surface area contributed by atoms with E-state index in [0.717, 1.165) is 30.8 Å². The molecular formula is C17H25N3O2S. The van der Waals surface area contributed by atoms with Crippen LogP contribution in [0, 0.1) is 13.8 Å². The van der Waals surface area contributed by atoms with Crippen LogP contribution >= 0.6 is 11.3 Å². The van der Waals surface area contributed by atoms with Gasteiger partial charge in [-0.2, -0.15) is 5.10 Å². The molecule has 2 N–H and O–H groups in total. The first-order valence-electron chi connectivity index (χ1n) is 8.19. The third-order valence-electron chi connectivity index (χ3n) is 4.46. The van der Waals surface area contributed by atoms with Crippen molar-refractivity contribution in [2.75, 3.05) is 19.7 Å². The molecule has 1 fully saturated rings. The first-order chi connectivity index (χ1) is 11.1. The Morgan fingerprint density at radius 2 is 2.39 bits per heavy atom. The van der Waals surface area contributed by atoms with E-state index < -0.39 is 6.10 Å². The van der Waals surface area contributed by atoms with Crippen LogP contribution < -0.4 is 0 Å². The van der Waals surface area contributed by atoms with E-state index in [0.29, 0.717) is 25.8 Å². The molecule has 1 saturated heterocycles. The maximum absolute atomic E-state index is 10.3. The quantitative estimate of drug-likeness (QED) is 0.817. The molecule has 2 aromatic heterocycles. The summed E-state index contributed by atoms with van der Waals surface area (Å²) >= 11 is 1.68. The monoisotopic (exact) mass is 335 g/mol. The van der Waals surface area contributed by atoms with Crippen LogP contribution in [0.2, 0.25) is 0 Å². The molecule has 23 heavy (non-hydrogen) atoms. The summed E-state index contributed by atoms with van der Waals surface area (Å²) in [5.41, 5.74) is 3.51. The highest BCUT2D eigenvalue weighted by molar-refractivity contribution is 7.09. The summed E-state index contributed by atoms with van der Waals surface area (Å²) in [5.74, 6) is 0. The molecule has 6 heteroatoms. The number of thiophene rings is 1. The summed E-state index contributed by atoms with van der Waals surface area (Å²) < 4.78 is 5.64. The van der Waals surface area contributed by atoms with Crippen LogP contribution in [0.3, 0.4) is 0 Å². The van der Waals surface area contributed by atoms with Gasteiger partial charge in [0.15, 0.2) is 0 Å². The number of nitrogens with one attached hydrogen (secondary N) is 1. The van der Waals surface area contributed by atoms with Gasteiger partial charge in [-0.3, -0.25) is 10.00 Å². The maximum Gasteiger partial charge on any atom is 0.0900 e. The van der Waals surface area contributed by atoms with Gasteiger partial charge >= 0.3 is 0 Å². The lowest BCUT2D eigenvalue weighted by atomic mass is 10.0. The van der Waals surface area contributed by atoms with E-state index in [9.17, 15) is 5.11 Å². The lowest BCUT2D eigenvalue weighted by Gasteiger charge is -2.27. The van der Waals surface area contributed by atoms with Gasteiger partial charge < -0.3 is 9.84 Å². The number of hydrogen-bond donors (Lipinski definition) is 2. The number of ether oxygens (including phenoxy) is 1. The maximum atomic E-state index is 10.3. The Hall–Kier alpha value is -1.21. The third-order valence-corrected chi connectivity index (χ3v) is 5.31. The average molecular weight is 335 g/mol. The molecule has 1 aliphatic heterocycles. The number of nitrogens with zero attached hydrogens (tertiary/aromatic N) is 2. The number of rotatable bonds is 7. The summed E-state index contributed by atoms with van der Waals surface area (Å²) in [4.78, 5) is 3.56. The van der Waals surface area contributed by atoms with E-state index in [4.69, 9.17) is 4.74 Å². The first-order valence-corrected chi connectivity index (χ1v) is 9.07. The second-order valence-corrected chi connectivity index (χ2v) is 7.28. The Balaban J connectivity index is 1.52. The van der Waals surface area contributed by atoms with Gasteiger partial charge in [0.2, 0.25) is 0 Å². The van der Waals surface area contributed by atoms with Crippen LogP contribution in [-0.4, -0.2) is 46.0 Å². The number of aromatic amines is 1. The topological polar surface area (TPSA) is 61.4 Å². The predicted octanol–water partition coefficient (Wildman–Crippen LogP) is 2.80. The predicted molar refractivity (Wildman–Crippen MR) is 91.6 cm³/mol. The second-order valence-electron chi connectivity index (χ2n) is 6.25. The number of aliphatic hydroxyl groups excluding tert-OH is 1. The van der Waals surface area contributed by atoms with Crippen LogP contribution in [0.5, 0.6) is 0 Å². The van der Waals surface area contributed by atoms with Crippen molar-refractivity contribution in [1.82, 2.24) is 15.1 Å². The zero-order valence-corrected chi connectivity index (χ0v) is 14.6. The molecule has 2 unspecified atom stereocenters. The van der Waals surface area contributed by atoms with Gasteiger partial charge in [0.25, 0.3) is 0 Å². The summed E-state index contributed by atoms with van der Waals surface area (Å²) in [6.45, 7) is 6.76. The zero-order valence-electron chi connectivity index (χ0n) is 13.8. The van der Waals surface area contributed by atoms with E-state index in [1.165, 1.54) is 10.4 Å². The lowest BCUT2D eigenvalue weighted by molar-refractivity contribution is 0.00841. The van der Waals surface area contributed by atoms with Gasteiger partial charge in [-0.1, -0.05) is 6.07 Å². The first kappa shape index (κ1) is 16.6. The Bertz CT molecular complexity index is 592. The van der Waals surface area contributed by atoms with Crippen molar-refractivity contribution >= 4 is 11.3 Å². The van der Waals surface area contributed by atoms with Crippen molar-refractivity contribution in [2.45, 2.75) is 45.4 Å². The standard InChI is InChI=1S/C17H25N3O2S/c1-12-17(13(2)19-18-12)16-6-3-7-20(16)9-14(21)10-22-11-15-5-4-8-23-15/h4-5,8,14,16,21H,3,6-7,9-11H2,1-2H3,(H,18,19). The van der Waals surface area contributed by atoms with Crippen molar-refractivity contribution in [3.63, 3.8) is 0 Å². The second kappa shape index (κ2) is 7.57. The molecule has 0 saturated carbocycles. The van der Waals surface area contributed by atoms with E-state index in [1.54, 1.807) is 11.3 Å². The van der Waals surface area contributed by atoms with Crippen molar-refractivity contribution in [3.05, 3.63) is 39.3 Å². The van der Waals surface area contributed by atoms with Crippen molar-refractivity contribution in [2.24, 2.45) is 0 Å². The van der Waals surface area contributed by atoms with Crippen LogP contribution in [0.4, 0.5) is 0 Å². The summed E-state index contributed by atoms with van der Waals surface area (Å²) in [7, 11) is 0. The van der Waals surface area contributed by atoms with Crippen molar-refractivity contribution < 1.29 is 9.84 Å². The number of β-amino-alcohol motifs (C(OH)–C–C–N with tert-alkyl or cyclic N) is 1. The normalized spacial score (nSPS) is 20.2. The van der Waals surface area contributed by atoms with E-state index in [-0.39, 0.29) is 0 Å². The molecule has 0 spiro atoms. The molecule has 3 heterocycles. The van der Waals surface area contributed by atoms with Crippen LogP contribution in [-0.2, 0) is 11.3 Å².